The molecule has 1 amide bonds. The lowest BCUT2D eigenvalue weighted by Crippen LogP contribution is -2.24. The summed E-state index contributed by atoms with van der Waals surface area (Å²) in [6, 6.07) is 11.1. The molecule has 0 aliphatic carbocycles. The van der Waals surface area contributed by atoms with E-state index < -0.39 is 0 Å². The molecular weight excluding hydrogens is 278 g/mol. The Labute approximate surface area is 130 Å². The van der Waals surface area contributed by atoms with Crippen molar-refractivity contribution in [2.24, 2.45) is 5.73 Å². The quantitative estimate of drug-likeness (QED) is 0.860. The van der Waals surface area contributed by atoms with E-state index >= 15 is 0 Å². The number of carbonyl (C=O) groups is 1. The van der Waals surface area contributed by atoms with Crippen LogP contribution in [0, 0.1) is 0 Å². The van der Waals surface area contributed by atoms with E-state index in [2.05, 4.69) is 10.3 Å². The largest absolute Gasteiger partial charge is 0.494 e. The first-order valence-electron chi connectivity index (χ1n) is 7.34. The Hall–Kier alpha value is -2.40. The lowest BCUT2D eigenvalue weighted by Gasteiger charge is -2.14. The number of anilines is 1. The number of hydrogen-bond donors (Lipinski definition) is 2. The first-order valence-corrected chi connectivity index (χ1v) is 7.34. The second-order valence-electron chi connectivity index (χ2n) is 5.08. The van der Waals surface area contributed by atoms with E-state index in [0.29, 0.717) is 18.0 Å². The van der Waals surface area contributed by atoms with Crippen molar-refractivity contribution in [1.29, 1.82) is 0 Å². The number of carbonyl (C=O) groups excluding carboxylic acids is 1. The fourth-order valence-electron chi connectivity index (χ4n) is 2.12. The summed E-state index contributed by atoms with van der Waals surface area (Å²) in [5.41, 5.74) is 7.99. The van der Waals surface area contributed by atoms with Crippen LogP contribution < -0.4 is 15.8 Å². The molecule has 0 fully saturated rings. The molecule has 22 heavy (non-hydrogen) atoms. The average Bonchev–Trinajstić information content (AvgIpc) is 2.48. The highest BCUT2D eigenvalue weighted by molar-refractivity contribution is 5.95. The van der Waals surface area contributed by atoms with Crippen LogP contribution in [-0.4, -0.2) is 23.5 Å². The van der Waals surface area contributed by atoms with Crippen molar-refractivity contribution in [3.8, 4) is 17.0 Å². The van der Waals surface area contributed by atoms with Crippen molar-refractivity contribution in [3.05, 3.63) is 42.6 Å². The molecule has 1 unspecified atom stereocenters. The zero-order valence-corrected chi connectivity index (χ0v) is 12.9. The fraction of sp³-hybridized carbons (Fsp3) is 0.294. The lowest BCUT2D eigenvalue weighted by atomic mass is 10.1. The zero-order valence-electron chi connectivity index (χ0n) is 12.9. The van der Waals surface area contributed by atoms with Gasteiger partial charge in [-0.2, -0.15) is 0 Å². The first kappa shape index (κ1) is 16.0. The van der Waals surface area contributed by atoms with Gasteiger partial charge in [0.1, 0.15) is 5.75 Å². The smallest absolute Gasteiger partial charge is 0.225 e. The Balaban J connectivity index is 2.34. The minimum Gasteiger partial charge on any atom is -0.494 e. The fourth-order valence-corrected chi connectivity index (χ4v) is 2.12. The molecule has 1 aromatic carbocycles. The van der Waals surface area contributed by atoms with E-state index in [1.165, 1.54) is 0 Å². The average molecular weight is 299 g/mol. The third-order valence-electron chi connectivity index (χ3n) is 3.02. The van der Waals surface area contributed by atoms with E-state index in [1.54, 1.807) is 13.1 Å². The minimum atomic E-state index is -0.187. The summed E-state index contributed by atoms with van der Waals surface area (Å²) in [4.78, 5) is 16.4. The SMILES string of the molecule is CCOc1ccc(-c2ccccn2)c(NC(=O)CC(C)N)c1. The lowest BCUT2D eigenvalue weighted by molar-refractivity contribution is -0.116. The standard InChI is InChI=1S/C17H21N3O2/c1-3-22-13-7-8-14(15-6-4-5-9-19-15)16(11-13)20-17(21)10-12(2)18/h4-9,11-12H,3,10,18H2,1-2H3,(H,20,21). The van der Waals surface area contributed by atoms with Gasteiger partial charge in [0.05, 0.1) is 18.0 Å². The number of aromatic nitrogens is 1. The predicted octanol–water partition coefficient (Wildman–Crippen LogP) is 2.82. The Morgan fingerprint density at radius 3 is 2.82 bits per heavy atom. The molecule has 116 valence electrons. The van der Waals surface area contributed by atoms with Crippen LogP contribution in [0.3, 0.4) is 0 Å². The molecule has 2 aromatic rings. The third-order valence-corrected chi connectivity index (χ3v) is 3.02. The van der Waals surface area contributed by atoms with Crippen LogP contribution in [0.1, 0.15) is 20.3 Å². The van der Waals surface area contributed by atoms with Gasteiger partial charge in [0, 0.05) is 30.3 Å². The number of hydrogen-bond acceptors (Lipinski definition) is 4. The topological polar surface area (TPSA) is 77.2 Å². The van der Waals surface area contributed by atoms with Crippen LogP contribution in [0.5, 0.6) is 5.75 Å². The van der Waals surface area contributed by atoms with Gasteiger partial charge in [-0.05, 0) is 38.1 Å². The molecular formula is C17H21N3O2. The zero-order chi connectivity index (χ0) is 15.9. The summed E-state index contributed by atoms with van der Waals surface area (Å²) in [5, 5.41) is 2.90. The van der Waals surface area contributed by atoms with Crippen LogP contribution in [0.15, 0.2) is 42.6 Å². The van der Waals surface area contributed by atoms with Crippen molar-refractivity contribution < 1.29 is 9.53 Å². The molecule has 1 aromatic heterocycles. The van der Waals surface area contributed by atoms with Gasteiger partial charge >= 0.3 is 0 Å². The van der Waals surface area contributed by atoms with Gasteiger partial charge < -0.3 is 15.8 Å². The predicted molar refractivity (Wildman–Crippen MR) is 87.7 cm³/mol. The highest BCUT2D eigenvalue weighted by Crippen LogP contribution is 2.30. The summed E-state index contributed by atoms with van der Waals surface area (Å²) in [6.07, 6.45) is 1.99. The normalized spacial score (nSPS) is 11.8. The summed E-state index contributed by atoms with van der Waals surface area (Å²) in [7, 11) is 0. The van der Waals surface area contributed by atoms with Crippen molar-refractivity contribution in [2.45, 2.75) is 26.3 Å². The van der Waals surface area contributed by atoms with Crippen molar-refractivity contribution >= 4 is 11.6 Å². The van der Waals surface area contributed by atoms with Gasteiger partial charge in [-0.15, -0.1) is 0 Å². The van der Waals surface area contributed by atoms with E-state index in [9.17, 15) is 4.79 Å². The second kappa shape index (κ2) is 7.56. The third kappa shape index (κ3) is 4.30. The number of rotatable bonds is 6. The molecule has 0 radical (unpaired) electrons. The summed E-state index contributed by atoms with van der Waals surface area (Å²) in [6.45, 7) is 4.28. The van der Waals surface area contributed by atoms with Gasteiger partial charge in [-0.1, -0.05) is 6.07 Å². The number of nitrogens with two attached hydrogens (primary N) is 1. The van der Waals surface area contributed by atoms with Crippen LogP contribution >= 0.6 is 0 Å². The van der Waals surface area contributed by atoms with Crippen LogP contribution in [0.4, 0.5) is 5.69 Å². The van der Waals surface area contributed by atoms with Crippen LogP contribution in [0.2, 0.25) is 0 Å². The maximum Gasteiger partial charge on any atom is 0.225 e. The van der Waals surface area contributed by atoms with E-state index in [-0.39, 0.29) is 18.4 Å². The molecule has 5 heteroatoms. The number of nitrogens with zero attached hydrogens (tertiary/aromatic N) is 1. The Kier molecular flexibility index (Phi) is 5.49. The van der Waals surface area contributed by atoms with E-state index in [4.69, 9.17) is 10.5 Å². The number of ether oxygens (including phenoxy) is 1. The van der Waals surface area contributed by atoms with Gasteiger partial charge in [0.15, 0.2) is 0 Å². The highest BCUT2D eigenvalue weighted by atomic mass is 16.5. The van der Waals surface area contributed by atoms with Crippen LogP contribution in [-0.2, 0) is 4.79 Å². The molecule has 0 saturated carbocycles. The van der Waals surface area contributed by atoms with E-state index in [1.807, 2.05) is 43.3 Å². The summed E-state index contributed by atoms with van der Waals surface area (Å²) < 4.78 is 5.50. The summed E-state index contributed by atoms with van der Waals surface area (Å²) in [5.74, 6) is 0.583. The number of benzene rings is 1. The molecule has 1 atom stereocenters. The number of pyridine rings is 1. The molecule has 0 aliphatic rings. The second-order valence-corrected chi connectivity index (χ2v) is 5.08. The maximum absolute atomic E-state index is 12.0. The van der Waals surface area contributed by atoms with Crippen molar-refractivity contribution in [2.75, 3.05) is 11.9 Å². The number of amides is 1. The van der Waals surface area contributed by atoms with Crippen molar-refractivity contribution in [3.63, 3.8) is 0 Å². The van der Waals surface area contributed by atoms with Gasteiger partial charge in [0.2, 0.25) is 5.91 Å². The molecule has 0 spiro atoms. The molecule has 0 aliphatic heterocycles. The minimum absolute atomic E-state index is 0.124. The number of nitrogens with one attached hydrogen (secondary N) is 1. The van der Waals surface area contributed by atoms with E-state index in [0.717, 1.165) is 11.3 Å². The van der Waals surface area contributed by atoms with Gasteiger partial charge in [0.25, 0.3) is 0 Å². The summed E-state index contributed by atoms with van der Waals surface area (Å²) >= 11 is 0. The Bertz CT molecular complexity index is 627. The molecule has 3 N–H and O–H groups in total. The molecule has 2 rings (SSSR count). The Morgan fingerprint density at radius 1 is 1.36 bits per heavy atom. The monoisotopic (exact) mass is 299 g/mol. The molecule has 1 heterocycles. The molecule has 0 bridgehead atoms. The van der Waals surface area contributed by atoms with Gasteiger partial charge in [-0.3, -0.25) is 9.78 Å². The molecule has 5 nitrogen and oxygen atoms in total. The van der Waals surface area contributed by atoms with Gasteiger partial charge in [-0.25, -0.2) is 0 Å². The first-order chi connectivity index (χ1) is 10.6. The highest BCUT2D eigenvalue weighted by Gasteiger charge is 2.12. The Morgan fingerprint density at radius 2 is 2.18 bits per heavy atom. The van der Waals surface area contributed by atoms with Crippen LogP contribution in [0.25, 0.3) is 11.3 Å². The maximum atomic E-state index is 12.0. The van der Waals surface area contributed by atoms with Crippen molar-refractivity contribution in [1.82, 2.24) is 4.98 Å². The molecule has 0 saturated heterocycles.